The number of hydrogen-bond acceptors (Lipinski definition) is 1. The lowest BCUT2D eigenvalue weighted by molar-refractivity contribution is 1.09. The van der Waals surface area contributed by atoms with Crippen LogP contribution in [0.4, 0.5) is 0 Å². The van der Waals surface area contributed by atoms with Crippen LogP contribution in [0, 0.1) is 0 Å². The summed E-state index contributed by atoms with van der Waals surface area (Å²) in [7, 11) is 0. The lowest BCUT2D eigenvalue weighted by Gasteiger charge is -1.53. The second kappa shape index (κ2) is 296. The van der Waals surface area contributed by atoms with Gasteiger partial charge >= 0.3 is 0 Å². The monoisotopic (exact) mass is 390 g/mol. The van der Waals surface area contributed by atoms with Crippen molar-refractivity contribution in [3.8, 4) is 0 Å². The Morgan fingerprint density at radius 2 is 0.308 bits per heavy atom. The molecule has 0 saturated carbocycles. The summed E-state index contributed by atoms with van der Waals surface area (Å²) in [5.41, 5.74) is 4.85. The van der Waals surface area contributed by atoms with E-state index in [1.165, 1.54) is 38.5 Å². The van der Waals surface area contributed by atoms with Crippen molar-refractivity contribution in [1.29, 1.82) is 0 Å². The third-order valence-corrected chi connectivity index (χ3v) is 0. The van der Waals surface area contributed by atoms with Crippen LogP contribution in [0.3, 0.4) is 0 Å². The molecule has 0 aromatic rings. The first kappa shape index (κ1) is 83.0. The summed E-state index contributed by atoms with van der Waals surface area (Å²) in [4.78, 5) is 0. The molecule has 180 valence electrons. The van der Waals surface area contributed by atoms with Gasteiger partial charge in [-0.05, 0) is 6.54 Å². The first-order valence-electron chi connectivity index (χ1n) is 9.60. The fourth-order valence-electron chi connectivity index (χ4n) is 0. The molecule has 0 saturated heterocycles. The highest BCUT2D eigenvalue weighted by Gasteiger charge is 1.37. The third kappa shape index (κ3) is 7890000. The zero-order chi connectivity index (χ0) is 18.9. The van der Waals surface area contributed by atoms with Crippen LogP contribution >= 0.6 is 0 Å². The van der Waals surface area contributed by atoms with Crippen molar-refractivity contribution >= 4 is 0 Å². The molecular weight excluding hydrogens is 314 g/mol. The summed E-state index contributed by atoms with van der Waals surface area (Å²) in [5.74, 6) is 0. The molecule has 0 aliphatic rings. The highest BCUT2D eigenvalue weighted by atomic mass is 14.5. The average Bonchev–Trinajstić information content (AvgIpc) is 2.35. The minimum atomic E-state index is 0. The summed E-state index contributed by atoms with van der Waals surface area (Å²) < 4.78 is 0. The van der Waals surface area contributed by atoms with Gasteiger partial charge in [-0.2, -0.15) is 0 Å². The molecule has 0 spiro atoms. The van der Waals surface area contributed by atoms with Gasteiger partial charge in [-0.3, -0.25) is 0 Å². The number of hydrogen-bond donors (Lipinski definition) is 1. The van der Waals surface area contributed by atoms with Gasteiger partial charge in [-0.1, -0.05) is 166 Å². The second-order valence-electron chi connectivity index (χ2n) is 4.65. The molecule has 0 bridgehead atoms. The maximum absolute atomic E-state index is 4.85. The molecule has 2 N–H and O–H groups in total. The predicted octanol–water partition coefficient (Wildman–Crippen LogP) is 11.6. The third-order valence-electron chi connectivity index (χ3n) is 0. The van der Waals surface area contributed by atoms with E-state index in [-0.39, 0.29) is 37.1 Å². The van der Waals surface area contributed by atoms with Crippen LogP contribution in [0.2, 0.25) is 0 Å². The SMILES string of the molecule is C.C.C.C.C.CCC.CCC.CCC.CCC.CCC.CCC.CCN. The molecule has 0 unspecified atom stereocenters. The Morgan fingerprint density at radius 1 is 0.308 bits per heavy atom. The van der Waals surface area contributed by atoms with Gasteiger partial charge in [0.15, 0.2) is 0 Å². The van der Waals surface area contributed by atoms with Crippen molar-refractivity contribution in [2.75, 3.05) is 6.54 Å². The largest absolute Gasteiger partial charge is 0.331 e. The Labute approximate surface area is 178 Å². The number of nitrogens with two attached hydrogens (primary N) is 1. The molecule has 0 heterocycles. The lowest BCUT2D eigenvalue weighted by Crippen LogP contribution is -1.87. The van der Waals surface area contributed by atoms with Crippen molar-refractivity contribution in [2.24, 2.45) is 5.73 Å². The van der Waals surface area contributed by atoms with Crippen molar-refractivity contribution in [3.05, 3.63) is 0 Å². The van der Waals surface area contributed by atoms with E-state index in [9.17, 15) is 0 Å². The first-order chi connectivity index (χ1) is 9.90. The van der Waals surface area contributed by atoms with E-state index < -0.39 is 0 Å². The normalized spacial score (nSPS) is 4.85. The van der Waals surface area contributed by atoms with Crippen molar-refractivity contribution in [1.82, 2.24) is 0 Å². The van der Waals surface area contributed by atoms with Crippen LogP contribution in [-0.4, -0.2) is 6.54 Å². The van der Waals surface area contributed by atoms with Crippen LogP contribution in [0.1, 0.15) is 166 Å². The van der Waals surface area contributed by atoms with E-state index in [1.54, 1.807) is 0 Å². The highest BCUT2D eigenvalue weighted by molar-refractivity contribution is 4.00. The van der Waals surface area contributed by atoms with Gasteiger partial charge in [0.1, 0.15) is 0 Å². The molecule has 0 aromatic heterocycles. The predicted molar refractivity (Wildman–Crippen MR) is 144 cm³/mol. The molecule has 1 nitrogen and oxygen atoms in total. The molecule has 0 aliphatic carbocycles. The van der Waals surface area contributed by atoms with E-state index in [0.29, 0.717) is 0 Å². The fourth-order valence-corrected chi connectivity index (χ4v) is 0. The summed E-state index contributed by atoms with van der Waals surface area (Å²) in [6, 6.07) is 0. The van der Waals surface area contributed by atoms with E-state index >= 15 is 0 Å². The summed E-state index contributed by atoms with van der Waals surface area (Å²) in [6.45, 7) is 28.2. The van der Waals surface area contributed by atoms with Gasteiger partial charge in [-0.25, -0.2) is 0 Å². The zero-order valence-corrected chi connectivity index (χ0v) is 18.5. The van der Waals surface area contributed by atoms with E-state index in [0.717, 1.165) is 6.54 Å². The molecule has 0 rings (SSSR count). The molecule has 0 amide bonds. The Balaban J connectivity index is -0.00000000852. The Bertz CT molecular complexity index is 25.8. The maximum Gasteiger partial charge on any atom is -0.0106 e. The van der Waals surface area contributed by atoms with Crippen molar-refractivity contribution in [2.45, 2.75) is 166 Å². The highest BCUT2D eigenvalue weighted by Crippen LogP contribution is 1.57. The molecule has 26 heavy (non-hydrogen) atoms. The van der Waals surface area contributed by atoms with E-state index in [1.807, 2.05) is 6.92 Å². The van der Waals surface area contributed by atoms with E-state index in [2.05, 4.69) is 83.1 Å². The average molecular weight is 390 g/mol. The Morgan fingerprint density at radius 3 is 0.308 bits per heavy atom. The lowest BCUT2D eigenvalue weighted by atomic mass is 10.6. The van der Waals surface area contributed by atoms with Crippen LogP contribution < -0.4 is 5.73 Å². The van der Waals surface area contributed by atoms with Crippen molar-refractivity contribution in [3.63, 3.8) is 0 Å². The minimum Gasteiger partial charge on any atom is -0.331 e. The summed E-state index contributed by atoms with van der Waals surface area (Å²) in [5, 5.41) is 0. The van der Waals surface area contributed by atoms with Gasteiger partial charge in [0.05, 0.1) is 0 Å². The standard InChI is InChI=1S/6C3H8.C2H7N.5CH4/c6*1-3-2;1-2-3;;;;;/h6*3H2,1-2H3;2-3H2,1H3;5*1H4. The quantitative estimate of drug-likeness (QED) is 0.437. The fraction of sp³-hybridized carbons (Fsp3) is 1.00. The van der Waals surface area contributed by atoms with Gasteiger partial charge in [0, 0.05) is 0 Å². The van der Waals surface area contributed by atoms with Crippen LogP contribution in [0.25, 0.3) is 0 Å². The van der Waals surface area contributed by atoms with Gasteiger partial charge in [0.2, 0.25) is 0 Å². The molecular formula is C25H75N. The van der Waals surface area contributed by atoms with Gasteiger partial charge in [0.25, 0.3) is 0 Å². The Kier molecular flexibility index (Phi) is 944. The topological polar surface area (TPSA) is 26.0 Å². The first-order valence-corrected chi connectivity index (χ1v) is 9.60. The maximum atomic E-state index is 4.85. The summed E-state index contributed by atoms with van der Waals surface area (Å²) >= 11 is 0. The van der Waals surface area contributed by atoms with E-state index in [4.69, 9.17) is 5.73 Å². The molecule has 0 radical (unpaired) electrons. The summed E-state index contributed by atoms with van der Waals surface area (Å²) in [6.07, 6.45) is 7.50. The van der Waals surface area contributed by atoms with Gasteiger partial charge in [-0.15, -0.1) is 0 Å². The second-order valence-corrected chi connectivity index (χ2v) is 4.65. The molecule has 0 atom stereocenters. The zero-order valence-electron chi connectivity index (χ0n) is 18.5. The number of rotatable bonds is 0. The van der Waals surface area contributed by atoms with Crippen LogP contribution in [0.5, 0.6) is 0 Å². The smallest absolute Gasteiger partial charge is 0.0106 e. The minimum absolute atomic E-state index is 0. The van der Waals surface area contributed by atoms with Crippen LogP contribution in [-0.2, 0) is 0 Å². The molecule has 1 heteroatoms. The Hall–Kier alpha value is -0.0400. The molecule has 0 aliphatic heterocycles. The van der Waals surface area contributed by atoms with Crippen LogP contribution in [0.15, 0.2) is 0 Å². The molecule has 0 aromatic carbocycles. The molecule has 0 fully saturated rings. The van der Waals surface area contributed by atoms with Gasteiger partial charge < -0.3 is 5.73 Å². The van der Waals surface area contributed by atoms with Crippen molar-refractivity contribution < 1.29 is 0 Å².